The Bertz CT molecular complexity index is 290. The molecule has 0 aromatic heterocycles. The minimum absolute atomic E-state index is 1.31. The van der Waals surface area contributed by atoms with Crippen molar-refractivity contribution in [2.75, 3.05) is 0 Å². The molecule has 0 fully saturated rings. The van der Waals surface area contributed by atoms with Crippen LogP contribution < -0.4 is 0 Å². The summed E-state index contributed by atoms with van der Waals surface area (Å²) < 4.78 is 0. The first-order valence-electron chi connectivity index (χ1n) is 14.1. The van der Waals surface area contributed by atoms with Gasteiger partial charge in [-0.2, -0.15) is 0 Å². The third-order valence-corrected chi connectivity index (χ3v) is 6.37. The molecule has 0 N–H and O–H groups in total. The second-order valence-corrected chi connectivity index (χ2v) is 9.47. The highest BCUT2D eigenvalue weighted by Gasteiger charge is 1.95. The summed E-state index contributed by atoms with van der Waals surface area (Å²) in [7, 11) is 0. The van der Waals surface area contributed by atoms with Gasteiger partial charge in [-0.15, -0.1) is 0 Å². The molecule has 0 bridgehead atoms. The maximum Gasteiger partial charge on any atom is -0.0351 e. The molecule has 0 saturated carbocycles. The Morgan fingerprint density at radius 1 is 0.276 bits per heavy atom. The fraction of sp³-hybridized carbons (Fsp3) is 0.931. The van der Waals surface area contributed by atoms with Crippen LogP contribution in [0, 0.1) is 0 Å². The fourth-order valence-electron chi connectivity index (χ4n) is 4.27. The van der Waals surface area contributed by atoms with Crippen LogP contribution in [0.15, 0.2) is 12.2 Å². The normalized spacial score (nSPS) is 11.7. The molecule has 0 amide bonds. The van der Waals surface area contributed by atoms with Gasteiger partial charge in [0.05, 0.1) is 0 Å². The molecule has 0 aliphatic heterocycles. The molecule has 0 aromatic rings. The highest BCUT2D eigenvalue weighted by molar-refractivity contribution is 4.81. The van der Waals surface area contributed by atoms with Gasteiger partial charge >= 0.3 is 0 Å². The zero-order chi connectivity index (χ0) is 21.1. The predicted molar refractivity (Wildman–Crippen MR) is 136 cm³/mol. The van der Waals surface area contributed by atoms with Gasteiger partial charge in [-0.3, -0.25) is 0 Å². The number of rotatable bonds is 25. The van der Waals surface area contributed by atoms with E-state index in [1.54, 1.807) is 0 Å². The fourth-order valence-corrected chi connectivity index (χ4v) is 4.27. The van der Waals surface area contributed by atoms with Crippen LogP contribution in [0.3, 0.4) is 0 Å². The van der Waals surface area contributed by atoms with Crippen LogP contribution in [-0.4, -0.2) is 0 Å². The van der Waals surface area contributed by atoms with Crippen molar-refractivity contribution in [3.05, 3.63) is 12.2 Å². The molecule has 0 aliphatic carbocycles. The summed E-state index contributed by atoms with van der Waals surface area (Å²) in [6.45, 7) is 4.59. The lowest BCUT2D eigenvalue weighted by Crippen LogP contribution is -1.84. The van der Waals surface area contributed by atoms with Crippen molar-refractivity contribution in [3.8, 4) is 0 Å². The lowest BCUT2D eigenvalue weighted by atomic mass is 10.0. The maximum atomic E-state index is 2.44. The van der Waals surface area contributed by atoms with E-state index in [0.29, 0.717) is 0 Å². The summed E-state index contributed by atoms with van der Waals surface area (Å²) >= 11 is 0. The number of unbranched alkanes of at least 4 members (excludes halogenated alkanes) is 23. The highest BCUT2D eigenvalue weighted by Crippen LogP contribution is 2.14. The molecule has 29 heavy (non-hydrogen) atoms. The number of hydrogen-bond donors (Lipinski definition) is 0. The molecule has 0 atom stereocenters. The van der Waals surface area contributed by atoms with Crippen molar-refractivity contribution in [2.24, 2.45) is 0 Å². The van der Waals surface area contributed by atoms with E-state index in [2.05, 4.69) is 26.0 Å². The van der Waals surface area contributed by atoms with E-state index in [1.165, 1.54) is 161 Å². The molecule has 0 aliphatic rings. The van der Waals surface area contributed by atoms with Crippen LogP contribution in [0.5, 0.6) is 0 Å². The van der Waals surface area contributed by atoms with Gasteiger partial charge in [0.1, 0.15) is 0 Å². The van der Waals surface area contributed by atoms with Crippen molar-refractivity contribution in [3.63, 3.8) is 0 Å². The summed E-state index contributed by atoms with van der Waals surface area (Å²) in [5, 5.41) is 0. The van der Waals surface area contributed by atoms with Crippen molar-refractivity contribution in [1.29, 1.82) is 0 Å². The van der Waals surface area contributed by atoms with Crippen LogP contribution >= 0.6 is 0 Å². The molecule has 0 rings (SSSR count). The third-order valence-electron chi connectivity index (χ3n) is 6.37. The predicted octanol–water partition coefficient (Wildman–Crippen LogP) is 11.3. The number of hydrogen-bond acceptors (Lipinski definition) is 0. The molecule has 0 saturated heterocycles. The molecule has 0 heterocycles. The van der Waals surface area contributed by atoms with Crippen LogP contribution in [0.4, 0.5) is 0 Å². The summed E-state index contributed by atoms with van der Waals surface area (Å²) in [5.74, 6) is 0. The first kappa shape index (κ1) is 28.7. The molecule has 0 spiro atoms. The van der Waals surface area contributed by atoms with Gasteiger partial charge in [0.25, 0.3) is 0 Å². The molecular formula is C29H58. The molecule has 0 aromatic carbocycles. The molecule has 0 radical (unpaired) electrons. The van der Waals surface area contributed by atoms with E-state index in [4.69, 9.17) is 0 Å². The maximum absolute atomic E-state index is 2.44. The van der Waals surface area contributed by atoms with Gasteiger partial charge in [-0.05, 0) is 25.7 Å². The van der Waals surface area contributed by atoms with Crippen molar-refractivity contribution in [2.45, 2.75) is 174 Å². The van der Waals surface area contributed by atoms with E-state index < -0.39 is 0 Å². The molecule has 0 nitrogen and oxygen atoms in total. The molecule has 0 heteroatoms. The van der Waals surface area contributed by atoms with Gasteiger partial charge in [-0.25, -0.2) is 0 Å². The van der Waals surface area contributed by atoms with Crippen LogP contribution in [-0.2, 0) is 0 Å². The minimum atomic E-state index is 1.31. The zero-order valence-corrected chi connectivity index (χ0v) is 20.8. The lowest BCUT2D eigenvalue weighted by molar-refractivity contribution is 0.525. The summed E-state index contributed by atoms with van der Waals surface area (Å²) in [6.07, 6.45) is 40.9. The monoisotopic (exact) mass is 406 g/mol. The summed E-state index contributed by atoms with van der Waals surface area (Å²) in [6, 6.07) is 0. The van der Waals surface area contributed by atoms with E-state index in [1.807, 2.05) is 0 Å². The first-order valence-corrected chi connectivity index (χ1v) is 14.1. The second kappa shape index (κ2) is 27.7. The van der Waals surface area contributed by atoms with Crippen molar-refractivity contribution >= 4 is 0 Å². The van der Waals surface area contributed by atoms with Crippen LogP contribution in [0.25, 0.3) is 0 Å². The van der Waals surface area contributed by atoms with Gasteiger partial charge in [0.2, 0.25) is 0 Å². The first-order chi connectivity index (χ1) is 14.4. The van der Waals surface area contributed by atoms with Crippen molar-refractivity contribution < 1.29 is 0 Å². The quantitative estimate of drug-likeness (QED) is 0.104. The minimum Gasteiger partial charge on any atom is -0.0885 e. The van der Waals surface area contributed by atoms with Gasteiger partial charge in [0.15, 0.2) is 0 Å². The Morgan fingerprint density at radius 3 is 0.724 bits per heavy atom. The standard InChI is InChI=1S/C29H58/c1-3-5-7-9-11-13-15-17-19-21-23-25-27-29-28-26-24-22-20-18-16-14-12-10-8-6-4-2/h15,17H,3-14,16,18-29H2,1-2H3/b17-15+. The Labute approximate surface area is 186 Å². The largest absolute Gasteiger partial charge is 0.0885 e. The average molecular weight is 407 g/mol. The van der Waals surface area contributed by atoms with Gasteiger partial charge in [-0.1, -0.05) is 161 Å². The lowest BCUT2D eigenvalue weighted by Gasteiger charge is -2.03. The molecule has 174 valence electrons. The molecular weight excluding hydrogens is 348 g/mol. The Morgan fingerprint density at radius 2 is 0.483 bits per heavy atom. The van der Waals surface area contributed by atoms with Crippen LogP contribution in [0.2, 0.25) is 0 Å². The topological polar surface area (TPSA) is 0 Å². The van der Waals surface area contributed by atoms with Crippen LogP contribution in [0.1, 0.15) is 174 Å². The SMILES string of the molecule is CCCCCCC/C=C/CCCCCCCCCCCCCCCCCCCC. The summed E-state index contributed by atoms with van der Waals surface area (Å²) in [4.78, 5) is 0. The average Bonchev–Trinajstić information content (AvgIpc) is 2.74. The van der Waals surface area contributed by atoms with Gasteiger partial charge in [0, 0.05) is 0 Å². The third kappa shape index (κ3) is 27.7. The Kier molecular flexibility index (Phi) is 27.5. The van der Waals surface area contributed by atoms with E-state index in [-0.39, 0.29) is 0 Å². The van der Waals surface area contributed by atoms with E-state index >= 15 is 0 Å². The zero-order valence-electron chi connectivity index (χ0n) is 20.8. The summed E-state index contributed by atoms with van der Waals surface area (Å²) in [5.41, 5.74) is 0. The number of allylic oxidation sites excluding steroid dienone is 2. The highest BCUT2D eigenvalue weighted by atomic mass is 14.0. The molecule has 0 unspecified atom stereocenters. The Hall–Kier alpha value is -0.260. The Balaban J connectivity index is 3.03. The van der Waals surface area contributed by atoms with E-state index in [9.17, 15) is 0 Å². The second-order valence-electron chi connectivity index (χ2n) is 9.47. The smallest absolute Gasteiger partial charge is 0.0351 e. The van der Waals surface area contributed by atoms with E-state index in [0.717, 1.165) is 0 Å². The van der Waals surface area contributed by atoms with Gasteiger partial charge < -0.3 is 0 Å². The van der Waals surface area contributed by atoms with Crippen molar-refractivity contribution in [1.82, 2.24) is 0 Å².